The van der Waals surface area contributed by atoms with E-state index in [9.17, 15) is 4.39 Å². The molecule has 0 saturated carbocycles. The molecular formula is C11H17FN2. The van der Waals surface area contributed by atoms with Gasteiger partial charge in [-0.25, -0.2) is 4.39 Å². The highest BCUT2D eigenvalue weighted by atomic mass is 19.1. The molecule has 1 aromatic rings. The Morgan fingerprint density at radius 2 is 2.14 bits per heavy atom. The number of halogens is 1. The summed E-state index contributed by atoms with van der Waals surface area (Å²) >= 11 is 0. The van der Waals surface area contributed by atoms with Crippen LogP contribution >= 0.6 is 0 Å². The minimum absolute atomic E-state index is 0.130. The van der Waals surface area contributed by atoms with E-state index in [0.717, 1.165) is 12.1 Å². The Kier molecular flexibility index (Phi) is 4.56. The molecule has 0 aliphatic heterocycles. The summed E-state index contributed by atoms with van der Waals surface area (Å²) < 4.78 is 13.1. The van der Waals surface area contributed by atoms with Gasteiger partial charge in [0.2, 0.25) is 0 Å². The molecule has 1 aromatic carbocycles. The fraction of sp³-hybridized carbons (Fsp3) is 0.455. The number of hydrogen-bond donors (Lipinski definition) is 2. The Hall–Kier alpha value is -0.930. The minimum Gasteiger partial charge on any atom is -0.329 e. The van der Waals surface area contributed by atoms with Gasteiger partial charge in [0.1, 0.15) is 5.82 Å². The van der Waals surface area contributed by atoms with Crippen LogP contribution in [0.2, 0.25) is 0 Å². The van der Waals surface area contributed by atoms with Crippen molar-refractivity contribution in [2.75, 3.05) is 13.1 Å². The summed E-state index contributed by atoms with van der Waals surface area (Å²) in [7, 11) is 0. The average Bonchev–Trinajstić information content (AvgIpc) is 2.20. The van der Waals surface area contributed by atoms with Crippen LogP contribution < -0.4 is 11.1 Å². The van der Waals surface area contributed by atoms with Crippen LogP contribution in [-0.4, -0.2) is 19.1 Å². The van der Waals surface area contributed by atoms with Crippen molar-refractivity contribution >= 4 is 0 Å². The molecule has 14 heavy (non-hydrogen) atoms. The van der Waals surface area contributed by atoms with Crippen LogP contribution in [0, 0.1) is 5.82 Å². The Balaban J connectivity index is 2.35. The summed E-state index contributed by atoms with van der Waals surface area (Å²) in [5.41, 5.74) is 6.20. The highest BCUT2D eigenvalue weighted by molar-refractivity contribution is 5.17. The second-order valence-corrected chi connectivity index (χ2v) is 3.43. The van der Waals surface area contributed by atoms with Gasteiger partial charge in [-0.3, -0.25) is 0 Å². The SMILES string of the molecule is CC(CN)NCCc1ccccc1F. The lowest BCUT2D eigenvalue weighted by Crippen LogP contribution is -2.34. The first-order valence-electron chi connectivity index (χ1n) is 4.91. The second-order valence-electron chi connectivity index (χ2n) is 3.43. The van der Waals surface area contributed by atoms with Crippen molar-refractivity contribution in [3.05, 3.63) is 35.6 Å². The van der Waals surface area contributed by atoms with Crippen LogP contribution in [0.5, 0.6) is 0 Å². The maximum absolute atomic E-state index is 13.1. The van der Waals surface area contributed by atoms with E-state index in [2.05, 4.69) is 5.32 Å². The van der Waals surface area contributed by atoms with Gasteiger partial charge >= 0.3 is 0 Å². The highest BCUT2D eigenvalue weighted by Crippen LogP contribution is 2.06. The van der Waals surface area contributed by atoms with Gasteiger partial charge in [0.05, 0.1) is 0 Å². The molecule has 0 bridgehead atoms. The van der Waals surface area contributed by atoms with Crippen molar-refractivity contribution < 1.29 is 4.39 Å². The Bertz CT molecular complexity index is 276. The minimum atomic E-state index is -0.130. The van der Waals surface area contributed by atoms with Crippen molar-refractivity contribution in [3.8, 4) is 0 Å². The lowest BCUT2D eigenvalue weighted by molar-refractivity contribution is 0.547. The summed E-state index contributed by atoms with van der Waals surface area (Å²) in [5.74, 6) is -0.130. The summed E-state index contributed by atoms with van der Waals surface area (Å²) in [6.07, 6.45) is 0.705. The molecule has 0 aromatic heterocycles. The van der Waals surface area contributed by atoms with Crippen LogP contribution in [0.15, 0.2) is 24.3 Å². The molecule has 0 fully saturated rings. The molecule has 3 N–H and O–H groups in total. The molecule has 2 nitrogen and oxygen atoms in total. The largest absolute Gasteiger partial charge is 0.329 e. The van der Waals surface area contributed by atoms with E-state index in [1.165, 1.54) is 6.07 Å². The highest BCUT2D eigenvalue weighted by Gasteiger charge is 2.01. The van der Waals surface area contributed by atoms with Gasteiger partial charge in [-0.1, -0.05) is 18.2 Å². The number of nitrogens with one attached hydrogen (secondary N) is 1. The van der Waals surface area contributed by atoms with Crippen LogP contribution in [0.25, 0.3) is 0 Å². The molecule has 1 atom stereocenters. The smallest absolute Gasteiger partial charge is 0.126 e. The van der Waals surface area contributed by atoms with Crippen LogP contribution in [-0.2, 0) is 6.42 Å². The zero-order chi connectivity index (χ0) is 10.4. The second kappa shape index (κ2) is 5.73. The van der Waals surface area contributed by atoms with E-state index < -0.39 is 0 Å². The summed E-state index contributed by atoms with van der Waals surface area (Å²) in [5, 5.41) is 3.22. The molecule has 1 rings (SSSR count). The molecule has 0 saturated heterocycles. The van der Waals surface area contributed by atoms with E-state index in [1.54, 1.807) is 6.07 Å². The zero-order valence-electron chi connectivity index (χ0n) is 8.46. The van der Waals surface area contributed by atoms with Crippen molar-refractivity contribution in [1.29, 1.82) is 0 Å². The standard InChI is InChI=1S/C11H17FN2/c1-9(8-13)14-7-6-10-4-2-3-5-11(10)12/h2-5,9,14H,6-8,13H2,1H3. The van der Waals surface area contributed by atoms with Crippen molar-refractivity contribution in [2.24, 2.45) is 5.73 Å². The summed E-state index contributed by atoms with van der Waals surface area (Å²) in [4.78, 5) is 0. The fourth-order valence-corrected chi connectivity index (χ4v) is 1.24. The van der Waals surface area contributed by atoms with Gasteiger partial charge in [-0.2, -0.15) is 0 Å². The molecule has 78 valence electrons. The first-order valence-corrected chi connectivity index (χ1v) is 4.91. The van der Waals surface area contributed by atoms with Crippen LogP contribution in [0.1, 0.15) is 12.5 Å². The van der Waals surface area contributed by atoms with E-state index in [-0.39, 0.29) is 5.82 Å². The maximum atomic E-state index is 13.1. The van der Waals surface area contributed by atoms with Gasteiger partial charge in [0.25, 0.3) is 0 Å². The number of nitrogens with two attached hydrogens (primary N) is 1. The number of rotatable bonds is 5. The quantitative estimate of drug-likeness (QED) is 0.745. The monoisotopic (exact) mass is 196 g/mol. The van der Waals surface area contributed by atoms with Gasteiger partial charge in [0.15, 0.2) is 0 Å². The molecule has 0 spiro atoms. The zero-order valence-corrected chi connectivity index (χ0v) is 8.46. The Labute approximate surface area is 84.3 Å². The molecule has 0 aliphatic rings. The third kappa shape index (κ3) is 3.44. The molecule has 1 unspecified atom stereocenters. The average molecular weight is 196 g/mol. The van der Waals surface area contributed by atoms with Gasteiger partial charge < -0.3 is 11.1 Å². The lowest BCUT2D eigenvalue weighted by Gasteiger charge is -2.10. The topological polar surface area (TPSA) is 38.0 Å². The molecule has 3 heteroatoms. The van der Waals surface area contributed by atoms with Crippen molar-refractivity contribution in [3.63, 3.8) is 0 Å². The van der Waals surface area contributed by atoms with Crippen molar-refractivity contribution in [2.45, 2.75) is 19.4 Å². The van der Waals surface area contributed by atoms with E-state index >= 15 is 0 Å². The van der Waals surface area contributed by atoms with Crippen LogP contribution in [0.4, 0.5) is 4.39 Å². The maximum Gasteiger partial charge on any atom is 0.126 e. The van der Waals surface area contributed by atoms with Gasteiger partial charge in [-0.05, 0) is 31.5 Å². The predicted molar refractivity (Wildman–Crippen MR) is 56.6 cm³/mol. The third-order valence-electron chi connectivity index (χ3n) is 2.20. The molecule has 0 amide bonds. The summed E-state index contributed by atoms with van der Waals surface area (Å²) in [6, 6.07) is 7.15. The van der Waals surface area contributed by atoms with E-state index in [4.69, 9.17) is 5.73 Å². The Morgan fingerprint density at radius 3 is 2.79 bits per heavy atom. The first kappa shape index (κ1) is 11.1. The fourth-order valence-electron chi connectivity index (χ4n) is 1.24. The number of benzene rings is 1. The summed E-state index contributed by atoms with van der Waals surface area (Å²) in [6.45, 7) is 3.39. The molecule has 0 aliphatic carbocycles. The Morgan fingerprint density at radius 1 is 1.43 bits per heavy atom. The van der Waals surface area contributed by atoms with Gasteiger partial charge in [0, 0.05) is 12.6 Å². The van der Waals surface area contributed by atoms with E-state index in [0.29, 0.717) is 19.0 Å². The van der Waals surface area contributed by atoms with Crippen LogP contribution in [0.3, 0.4) is 0 Å². The molecular weight excluding hydrogens is 179 g/mol. The normalized spacial score (nSPS) is 12.8. The third-order valence-corrected chi connectivity index (χ3v) is 2.20. The number of hydrogen-bond acceptors (Lipinski definition) is 2. The lowest BCUT2D eigenvalue weighted by atomic mass is 10.1. The van der Waals surface area contributed by atoms with Gasteiger partial charge in [-0.15, -0.1) is 0 Å². The van der Waals surface area contributed by atoms with E-state index in [1.807, 2.05) is 19.1 Å². The van der Waals surface area contributed by atoms with Crippen molar-refractivity contribution in [1.82, 2.24) is 5.32 Å². The predicted octanol–water partition coefficient (Wildman–Crippen LogP) is 1.30. The first-order chi connectivity index (χ1) is 6.74. The molecule has 0 heterocycles. The molecule has 0 radical (unpaired) electrons.